The molecule has 0 atom stereocenters. The maximum Gasteiger partial charge on any atom is 0.266 e. The lowest BCUT2D eigenvalue weighted by Crippen LogP contribution is -2.30. The number of carbonyl (C=O) groups excluding carboxylic acids is 1. The Morgan fingerprint density at radius 2 is 1.72 bits per heavy atom. The lowest BCUT2D eigenvalue weighted by atomic mass is 10.3. The van der Waals surface area contributed by atoms with Gasteiger partial charge >= 0.3 is 0 Å². The zero-order chi connectivity index (χ0) is 20.8. The summed E-state index contributed by atoms with van der Waals surface area (Å²) in [4.78, 5) is 26.0. The molecule has 5 nitrogen and oxygen atoms in total. The average molecular weight is 431 g/mol. The quantitative estimate of drug-likeness (QED) is 0.562. The topological polar surface area (TPSA) is 39.1 Å². The van der Waals surface area contributed by atoms with Crippen LogP contribution in [-0.4, -0.2) is 60.1 Å². The Balaban J connectivity index is 1.74. The van der Waals surface area contributed by atoms with Crippen molar-refractivity contribution >= 4 is 40.3 Å². The average Bonchev–Trinajstić information content (AvgIpc) is 3.25. The number of hydrogen-bond donors (Lipinski definition) is 0. The number of anilines is 1. The second kappa shape index (κ2) is 10.4. The fraction of sp³-hybridized carbons (Fsp3) is 0.455. The molecule has 1 saturated heterocycles. The maximum absolute atomic E-state index is 12.8. The highest BCUT2D eigenvalue weighted by Crippen LogP contribution is 2.45. The van der Waals surface area contributed by atoms with Crippen molar-refractivity contribution < 1.29 is 4.79 Å². The highest BCUT2D eigenvalue weighted by Gasteiger charge is 2.32. The Kier molecular flexibility index (Phi) is 7.86. The van der Waals surface area contributed by atoms with Gasteiger partial charge in [-0.15, -0.1) is 0 Å². The molecule has 1 fully saturated rings. The van der Waals surface area contributed by atoms with Crippen LogP contribution in [0.5, 0.6) is 0 Å². The third-order valence-corrected chi connectivity index (χ3v) is 7.29. The molecule has 2 heterocycles. The van der Waals surface area contributed by atoms with Gasteiger partial charge in [-0.3, -0.25) is 14.7 Å². The van der Waals surface area contributed by atoms with E-state index in [1.165, 1.54) is 22.3 Å². The minimum Gasteiger partial charge on any atom is -0.335 e. The highest BCUT2D eigenvalue weighted by atomic mass is 32.2. The van der Waals surface area contributed by atoms with Gasteiger partial charge in [0.25, 0.3) is 5.91 Å². The lowest BCUT2D eigenvalue weighted by molar-refractivity contribution is -0.122. The number of fused-ring (bicyclic) bond motifs is 1. The Morgan fingerprint density at radius 3 is 2.41 bits per heavy atom. The van der Waals surface area contributed by atoms with E-state index in [1.54, 1.807) is 16.7 Å². The van der Waals surface area contributed by atoms with Crippen LogP contribution >= 0.6 is 23.5 Å². The molecule has 0 bridgehead atoms. The van der Waals surface area contributed by atoms with Crippen LogP contribution in [0.25, 0.3) is 0 Å². The van der Waals surface area contributed by atoms with Crippen LogP contribution in [0, 0.1) is 0 Å². The first kappa shape index (κ1) is 22.0. The molecule has 0 unspecified atom stereocenters. The Hall–Kier alpha value is -1.70. The predicted octanol–water partition coefficient (Wildman–Crippen LogP) is 4.64. The first-order valence-electron chi connectivity index (χ1n) is 10.4. The van der Waals surface area contributed by atoms with Gasteiger partial charge in [-0.1, -0.05) is 37.7 Å². The molecule has 29 heavy (non-hydrogen) atoms. The molecular formula is C22H30N4OS2. The fourth-order valence-corrected chi connectivity index (χ4v) is 5.53. The minimum absolute atomic E-state index is 0.0551. The van der Waals surface area contributed by atoms with Crippen molar-refractivity contribution in [2.45, 2.75) is 32.6 Å². The molecule has 2 aliphatic rings. The first-order chi connectivity index (χ1) is 14.1. The van der Waals surface area contributed by atoms with Crippen LogP contribution in [0.4, 0.5) is 5.69 Å². The second-order valence-electron chi connectivity index (χ2n) is 6.69. The van der Waals surface area contributed by atoms with E-state index in [4.69, 9.17) is 4.99 Å². The van der Waals surface area contributed by atoms with Crippen molar-refractivity contribution in [1.82, 2.24) is 9.80 Å². The number of thioether (sulfide) groups is 2. The molecule has 0 aliphatic carbocycles. The number of carbonyl (C=O) groups is 1. The molecule has 2 aliphatic heterocycles. The molecule has 156 valence electrons. The van der Waals surface area contributed by atoms with E-state index in [2.05, 4.69) is 60.9 Å². The van der Waals surface area contributed by atoms with Gasteiger partial charge < -0.3 is 9.80 Å². The van der Waals surface area contributed by atoms with Crippen molar-refractivity contribution in [2.24, 2.45) is 4.99 Å². The molecule has 0 aromatic heterocycles. The van der Waals surface area contributed by atoms with Crippen molar-refractivity contribution in [3.05, 3.63) is 46.4 Å². The van der Waals surface area contributed by atoms with Crippen LogP contribution in [0.1, 0.15) is 27.7 Å². The number of nitrogens with zero attached hydrogens (tertiary/aromatic N) is 4. The van der Waals surface area contributed by atoms with Gasteiger partial charge in [0.15, 0.2) is 5.17 Å². The van der Waals surface area contributed by atoms with E-state index in [9.17, 15) is 4.79 Å². The van der Waals surface area contributed by atoms with Gasteiger partial charge in [0.2, 0.25) is 0 Å². The number of rotatable bonds is 8. The molecule has 1 aromatic carbocycles. The Morgan fingerprint density at radius 1 is 1.00 bits per heavy atom. The molecule has 0 saturated carbocycles. The van der Waals surface area contributed by atoms with Gasteiger partial charge in [-0.05, 0) is 63.0 Å². The number of aliphatic imine (C=N–C) groups is 1. The largest absolute Gasteiger partial charge is 0.335 e. The van der Waals surface area contributed by atoms with E-state index >= 15 is 0 Å². The summed E-state index contributed by atoms with van der Waals surface area (Å²) in [6, 6.07) is 8.43. The molecule has 3 rings (SSSR count). The second-order valence-corrected chi connectivity index (χ2v) is 8.76. The standard InChI is InChI=1S/C22H30N4OS2/c1-5-24(6-2)16-15-23-22-26(8-4)21(27)19(29-22)13-14-20-25(7-3)17-11-9-10-12-18(17)28-20/h9-14H,5-8,15-16H2,1-4H3. The molecule has 0 spiro atoms. The third kappa shape index (κ3) is 4.90. The number of amides is 1. The van der Waals surface area contributed by atoms with Crippen molar-refractivity contribution in [2.75, 3.05) is 44.2 Å². The Labute approximate surface area is 182 Å². The third-order valence-electron chi connectivity index (χ3n) is 5.09. The van der Waals surface area contributed by atoms with E-state index in [-0.39, 0.29) is 5.91 Å². The molecular weight excluding hydrogens is 400 g/mol. The van der Waals surface area contributed by atoms with Gasteiger partial charge in [0.05, 0.1) is 22.2 Å². The summed E-state index contributed by atoms with van der Waals surface area (Å²) in [5.41, 5.74) is 1.24. The SMILES string of the molecule is CCN(CC)CCN=C1SC(=CC=C2Sc3ccccc3N2CC)C(=O)N1CC. The van der Waals surface area contributed by atoms with Gasteiger partial charge in [-0.2, -0.15) is 0 Å². The number of hydrogen-bond acceptors (Lipinski definition) is 6. The van der Waals surface area contributed by atoms with Crippen LogP contribution in [0.15, 0.2) is 56.2 Å². The van der Waals surface area contributed by atoms with Gasteiger partial charge in [0.1, 0.15) is 0 Å². The molecule has 7 heteroatoms. The van der Waals surface area contributed by atoms with Crippen LogP contribution < -0.4 is 4.90 Å². The van der Waals surface area contributed by atoms with Crippen LogP contribution in [0.3, 0.4) is 0 Å². The van der Waals surface area contributed by atoms with E-state index < -0.39 is 0 Å². The summed E-state index contributed by atoms with van der Waals surface area (Å²) in [6.45, 7) is 13.7. The predicted molar refractivity (Wildman–Crippen MR) is 127 cm³/mol. The van der Waals surface area contributed by atoms with E-state index in [0.717, 1.165) is 47.8 Å². The van der Waals surface area contributed by atoms with Crippen LogP contribution in [-0.2, 0) is 4.79 Å². The zero-order valence-electron chi connectivity index (χ0n) is 17.7. The monoisotopic (exact) mass is 430 g/mol. The molecule has 0 N–H and O–H groups in total. The smallest absolute Gasteiger partial charge is 0.266 e. The van der Waals surface area contributed by atoms with Crippen LogP contribution in [0.2, 0.25) is 0 Å². The summed E-state index contributed by atoms with van der Waals surface area (Å²) in [5.74, 6) is 0.0551. The minimum atomic E-state index is 0.0551. The Bertz CT molecular complexity index is 830. The summed E-state index contributed by atoms with van der Waals surface area (Å²) in [5, 5.41) is 1.98. The number of benzene rings is 1. The molecule has 1 amide bonds. The molecule has 0 radical (unpaired) electrons. The summed E-state index contributed by atoms with van der Waals surface area (Å²) in [6.07, 6.45) is 4.03. The van der Waals surface area contributed by atoms with Crippen molar-refractivity contribution in [1.29, 1.82) is 0 Å². The lowest BCUT2D eigenvalue weighted by Gasteiger charge is -2.17. The van der Waals surface area contributed by atoms with Crippen molar-refractivity contribution in [3.63, 3.8) is 0 Å². The van der Waals surface area contributed by atoms with Crippen molar-refractivity contribution in [3.8, 4) is 0 Å². The van der Waals surface area contributed by atoms with E-state index in [0.29, 0.717) is 6.54 Å². The summed E-state index contributed by atoms with van der Waals surface area (Å²) in [7, 11) is 0. The first-order valence-corrected chi connectivity index (χ1v) is 12.0. The highest BCUT2D eigenvalue weighted by molar-refractivity contribution is 8.18. The summed E-state index contributed by atoms with van der Waals surface area (Å²) < 4.78 is 0. The maximum atomic E-state index is 12.8. The number of amidine groups is 1. The zero-order valence-corrected chi connectivity index (χ0v) is 19.4. The fourth-order valence-electron chi connectivity index (χ4n) is 3.40. The molecule has 1 aromatic rings. The number of likely N-dealkylation sites (N-methyl/N-ethyl adjacent to an activating group) is 2. The number of allylic oxidation sites excluding steroid dienone is 2. The van der Waals surface area contributed by atoms with Gasteiger partial charge in [0, 0.05) is 24.5 Å². The number of para-hydroxylation sites is 1. The normalized spacial score (nSPS) is 20.7. The van der Waals surface area contributed by atoms with E-state index in [1.807, 2.05) is 13.0 Å². The summed E-state index contributed by atoms with van der Waals surface area (Å²) >= 11 is 3.25. The van der Waals surface area contributed by atoms with Gasteiger partial charge in [-0.25, -0.2) is 0 Å².